The van der Waals surface area contributed by atoms with Gasteiger partial charge in [-0.1, -0.05) is 88.9 Å². The van der Waals surface area contributed by atoms with Gasteiger partial charge in [0.2, 0.25) is 0 Å². The maximum absolute atomic E-state index is 12.2. The van der Waals surface area contributed by atoms with Crippen LogP contribution in [0.25, 0.3) is 0 Å². The summed E-state index contributed by atoms with van der Waals surface area (Å²) in [5.41, 5.74) is 4.92. The highest BCUT2D eigenvalue weighted by molar-refractivity contribution is 5.90. The van der Waals surface area contributed by atoms with Gasteiger partial charge in [-0.15, -0.1) is 0 Å². The average Bonchev–Trinajstić information content (AvgIpc) is 2.73. The van der Waals surface area contributed by atoms with Crippen LogP contribution in [-0.4, -0.2) is 12.6 Å². The Morgan fingerprint density at radius 1 is 0.833 bits per heavy atom. The first-order chi connectivity index (χ1) is 14.6. The molecule has 2 aromatic rings. The Hall–Kier alpha value is -2.29. The minimum atomic E-state index is -0.0984. The van der Waals surface area contributed by atoms with Gasteiger partial charge in [-0.3, -0.25) is 0 Å². The van der Waals surface area contributed by atoms with Crippen molar-refractivity contribution in [3.8, 4) is 0 Å². The van der Waals surface area contributed by atoms with Crippen molar-refractivity contribution < 1.29 is 4.79 Å². The summed E-state index contributed by atoms with van der Waals surface area (Å²) in [5, 5.41) is 6.02. The van der Waals surface area contributed by atoms with Gasteiger partial charge in [0.25, 0.3) is 0 Å². The first-order valence-corrected chi connectivity index (χ1v) is 11.8. The van der Waals surface area contributed by atoms with E-state index in [4.69, 9.17) is 0 Å². The molecule has 0 fully saturated rings. The third-order valence-corrected chi connectivity index (χ3v) is 5.41. The zero-order valence-corrected chi connectivity index (χ0v) is 19.2. The molecule has 30 heavy (non-hydrogen) atoms. The molecule has 0 heterocycles. The van der Waals surface area contributed by atoms with Crippen LogP contribution in [-0.2, 0) is 19.3 Å². The monoisotopic (exact) mass is 408 g/mol. The molecular formula is C27H40N2O. The van der Waals surface area contributed by atoms with Gasteiger partial charge < -0.3 is 10.6 Å². The highest BCUT2D eigenvalue weighted by Gasteiger charge is 2.06. The number of benzene rings is 2. The van der Waals surface area contributed by atoms with Gasteiger partial charge in [0.15, 0.2) is 0 Å². The summed E-state index contributed by atoms with van der Waals surface area (Å²) in [6, 6.07) is 17.1. The molecule has 0 unspecified atom stereocenters. The Kier molecular flexibility index (Phi) is 11.1. The number of para-hydroxylation sites is 1. The van der Waals surface area contributed by atoms with Crippen molar-refractivity contribution in [3.63, 3.8) is 0 Å². The lowest BCUT2D eigenvalue weighted by molar-refractivity contribution is 0.252. The number of urea groups is 1. The molecule has 0 aromatic heterocycles. The largest absolute Gasteiger partial charge is 0.338 e. The zero-order chi connectivity index (χ0) is 21.6. The van der Waals surface area contributed by atoms with Crippen LogP contribution in [0.4, 0.5) is 10.5 Å². The number of aryl methyl sites for hydroxylation is 2. The standard InChI is InChI=1S/C27H40N2O/c1-4-5-6-7-10-20-28-27(30)29-26-15-9-8-13-25(26)14-11-12-23-16-18-24(19-17-23)21-22(2)3/h8-9,13,15-19,22H,4-7,10-12,14,20-21H2,1-3H3,(H2,28,29,30). The molecule has 0 aliphatic carbocycles. The molecule has 0 saturated heterocycles. The van der Waals surface area contributed by atoms with E-state index in [1.54, 1.807) is 0 Å². The van der Waals surface area contributed by atoms with Gasteiger partial charge in [0.1, 0.15) is 0 Å². The first-order valence-electron chi connectivity index (χ1n) is 11.8. The highest BCUT2D eigenvalue weighted by Crippen LogP contribution is 2.18. The predicted molar refractivity (Wildman–Crippen MR) is 129 cm³/mol. The van der Waals surface area contributed by atoms with E-state index in [0.29, 0.717) is 5.92 Å². The quantitative estimate of drug-likeness (QED) is 0.339. The predicted octanol–water partition coefficient (Wildman–Crippen LogP) is 7.15. The van der Waals surface area contributed by atoms with Crippen molar-refractivity contribution in [2.75, 3.05) is 11.9 Å². The fourth-order valence-electron chi connectivity index (χ4n) is 3.75. The molecule has 2 rings (SSSR count). The Morgan fingerprint density at radius 2 is 1.53 bits per heavy atom. The number of unbranched alkanes of at least 4 members (excludes halogenated alkanes) is 4. The number of carbonyl (C=O) groups excluding carboxylic acids is 1. The lowest BCUT2D eigenvalue weighted by atomic mass is 9.99. The van der Waals surface area contributed by atoms with E-state index < -0.39 is 0 Å². The number of anilines is 1. The topological polar surface area (TPSA) is 41.1 Å². The SMILES string of the molecule is CCCCCCCNC(=O)Nc1ccccc1CCCc1ccc(CC(C)C)cc1. The van der Waals surface area contributed by atoms with E-state index in [9.17, 15) is 4.79 Å². The number of amides is 2. The average molecular weight is 409 g/mol. The van der Waals surface area contributed by atoms with Crippen LogP contribution in [0.3, 0.4) is 0 Å². The second-order valence-corrected chi connectivity index (χ2v) is 8.72. The van der Waals surface area contributed by atoms with Crippen molar-refractivity contribution in [3.05, 3.63) is 65.2 Å². The van der Waals surface area contributed by atoms with E-state index in [2.05, 4.69) is 61.7 Å². The number of nitrogens with one attached hydrogen (secondary N) is 2. The number of hydrogen-bond acceptors (Lipinski definition) is 1. The van der Waals surface area contributed by atoms with Crippen molar-refractivity contribution in [2.45, 2.75) is 78.6 Å². The van der Waals surface area contributed by atoms with Crippen LogP contribution in [0.2, 0.25) is 0 Å². The van der Waals surface area contributed by atoms with Crippen molar-refractivity contribution in [1.29, 1.82) is 0 Å². The number of carbonyl (C=O) groups is 1. The highest BCUT2D eigenvalue weighted by atomic mass is 16.2. The molecular weight excluding hydrogens is 368 g/mol. The molecule has 0 atom stereocenters. The van der Waals surface area contributed by atoms with Crippen molar-refractivity contribution >= 4 is 11.7 Å². The van der Waals surface area contributed by atoms with Crippen LogP contribution in [0.1, 0.15) is 76.0 Å². The van der Waals surface area contributed by atoms with Crippen LogP contribution >= 0.6 is 0 Å². The Labute approximate surface area is 183 Å². The lowest BCUT2D eigenvalue weighted by Gasteiger charge is -2.12. The summed E-state index contributed by atoms with van der Waals surface area (Å²) in [6.07, 6.45) is 10.2. The van der Waals surface area contributed by atoms with Gasteiger partial charge in [0.05, 0.1) is 0 Å². The van der Waals surface area contributed by atoms with Crippen molar-refractivity contribution in [1.82, 2.24) is 5.32 Å². The minimum Gasteiger partial charge on any atom is -0.338 e. The van der Waals surface area contributed by atoms with E-state index in [-0.39, 0.29) is 6.03 Å². The first kappa shape index (κ1) is 24.0. The normalized spacial score (nSPS) is 10.9. The van der Waals surface area contributed by atoms with Gasteiger partial charge in [-0.25, -0.2) is 4.79 Å². The van der Waals surface area contributed by atoms with E-state index in [0.717, 1.165) is 44.3 Å². The minimum absolute atomic E-state index is 0.0984. The summed E-state index contributed by atoms with van der Waals surface area (Å²) in [7, 11) is 0. The Morgan fingerprint density at radius 3 is 2.27 bits per heavy atom. The van der Waals surface area contributed by atoms with Gasteiger partial charge in [-0.05, 0) is 60.8 Å². The molecule has 0 aliphatic rings. The van der Waals surface area contributed by atoms with Crippen molar-refractivity contribution in [2.24, 2.45) is 5.92 Å². The van der Waals surface area contributed by atoms with E-state index in [1.165, 1.54) is 42.4 Å². The van der Waals surface area contributed by atoms with Crippen LogP contribution < -0.4 is 10.6 Å². The van der Waals surface area contributed by atoms with E-state index >= 15 is 0 Å². The molecule has 164 valence electrons. The summed E-state index contributed by atoms with van der Waals surface area (Å²) < 4.78 is 0. The van der Waals surface area contributed by atoms with Gasteiger partial charge in [-0.2, -0.15) is 0 Å². The summed E-state index contributed by atoms with van der Waals surface area (Å²) in [6.45, 7) is 7.47. The van der Waals surface area contributed by atoms with Crippen LogP contribution in [0.15, 0.2) is 48.5 Å². The van der Waals surface area contributed by atoms with Crippen LogP contribution in [0.5, 0.6) is 0 Å². The second-order valence-electron chi connectivity index (χ2n) is 8.72. The molecule has 2 N–H and O–H groups in total. The molecule has 3 heteroatoms. The Bertz CT molecular complexity index is 737. The molecule has 0 radical (unpaired) electrons. The van der Waals surface area contributed by atoms with Gasteiger partial charge >= 0.3 is 6.03 Å². The smallest absolute Gasteiger partial charge is 0.319 e. The van der Waals surface area contributed by atoms with Gasteiger partial charge in [0, 0.05) is 12.2 Å². The van der Waals surface area contributed by atoms with E-state index in [1.807, 2.05) is 18.2 Å². The molecule has 2 aromatic carbocycles. The molecule has 2 amide bonds. The van der Waals surface area contributed by atoms with Crippen LogP contribution in [0, 0.1) is 5.92 Å². The molecule has 3 nitrogen and oxygen atoms in total. The number of hydrogen-bond donors (Lipinski definition) is 2. The fraction of sp³-hybridized carbons (Fsp3) is 0.519. The number of rotatable bonds is 13. The maximum atomic E-state index is 12.2. The summed E-state index contributed by atoms with van der Waals surface area (Å²) in [5.74, 6) is 0.693. The molecule has 0 bridgehead atoms. The maximum Gasteiger partial charge on any atom is 0.319 e. The molecule has 0 saturated carbocycles. The summed E-state index contributed by atoms with van der Waals surface area (Å²) >= 11 is 0. The summed E-state index contributed by atoms with van der Waals surface area (Å²) in [4.78, 5) is 12.2. The third-order valence-electron chi connectivity index (χ3n) is 5.41. The second kappa shape index (κ2) is 13.8. The molecule has 0 aliphatic heterocycles. The third kappa shape index (κ3) is 9.47. The molecule has 0 spiro atoms. The fourth-order valence-corrected chi connectivity index (χ4v) is 3.75. The lowest BCUT2D eigenvalue weighted by Crippen LogP contribution is -2.29. The zero-order valence-electron chi connectivity index (χ0n) is 19.2. The Balaban J connectivity index is 1.76.